The lowest BCUT2D eigenvalue weighted by Crippen LogP contribution is -2.52. The van der Waals surface area contributed by atoms with E-state index in [2.05, 4.69) is 0 Å². The molecule has 0 bridgehead atoms. The summed E-state index contributed by atoms with van der Waals surface area (Å²) in [5, 5.41) is 10.9. The molecule has 1 unspecified atom stereocenters. The summed E-state index contributed by atoms with van der Waals surface area (Å²) in [5.41, 5.74) is 0.223. The third kappa shape index (κ3) is 7.37. The minimum absolute atomic E-state index is 0.116. The lowest BCUT2D eigenvalue weighted by atomic mass is 9.96. The van der Waals surface area contributed by atoms with Gasteiger partial charge in [0.25, 0.3) is 10.1 Å². The molecule has 1 fully saturated rings. The predicted octanol–water partition coefficient (Wildman–Crippen LogP) is 1.88. The van der Waals surface area contributed by atoms with Crippen molar-refractivity contribution in [3.63, 3.8) is 0 Å². The van der Waals surface area contributed by atoms with Crippen LogP contribution in [-0.2, 0) is 46.5 Å². The lowest BCUT2D eigenvalue weighted by Gasteiger charge is -2.33. The molecule has 0 amide bonds. The quantitative estimate of drug-likeness (QED) is 0.399. The Morgan fingerprint density at radius 2 is 1.43 bits per heavy atom. The molecule has 2 aromatic rings. The van der Waals surface area contributed by atoms with E-state index in [4.69, 9.17) is 32.6 Å². The van der Waals surface area contributed by atoms with Crippen LogP contribution in [0.15, 0.2) is 48.5 Å². The highest BCUT2D eigenvalue weighted by Gasteiger charge is 2.57. The number of aliphatic hydroxyl groups is 1. The minimum Gasteiger partial charge on any atom is -0.497 e. The summed E-state index contributed by atoms with van der Waals surface area (Å²) in [6.45, 7) is -0.241. The van der Waals surface area contributed by atoms with Crippen molar-refractivity contribution in [2.75, 3.05) is 40.8 Å². The Kier molecular flexibility index (Phi) is 9.47. The first kappa shape index (κ1) is 27.3. The second-order valence-corrected chi connectivity index (χ2v) is 9.81. The number of benzene rings is 2. The van der Waals surface area contributed by atoms with E-state index >= 15 is 0 Å². The number of ether oxygens (including phenoxy) is 6. The molecule has 10 nitrogen and oxygen atoms in total. The van der Waals surface area contributed by atoms with Gasteiger partial charge in [0.05, 0.1) is 40.3 Å². The Labute approximate surface area is 205 Å². The maximum atomic E-state index is 11.8. The van der Waals surface area contributed by atoms with Crippen LogP contribution in [0.3, 0.4) is 0 Å². The summed E-state index contributed by atoms with van der Waals surface area (Å²) >= 11 is 0. The average Bonchev–Trinajstić information content (AvgIpc) is 3.12. The van der Waals surface area contributed by atoms with E-state index in [9.17, 15) is 13.5 Å². The summed E-state index contributed by atoms with van der Waals surface area (Å²) in [7, 11) is 0.715. The maximum absolute atomic E-state index is 11.8. The Hall–Kier alpha value is -2.25. The van der Waals surface area contributed by atoms with Crippen LogP contribution in [0.2, 0.25) is 0 Å². The van der Waals surface area contributed by atoms with Crippen LogP contribution in [0.1, 0.15) is 11.1 Å². The number of aliphatic hydroxyl groups excluding tert-OH is 1. The normalized spacial score (nSPS) is 24.4. The van der Waals surface area contributed by atoms with E-state index < -0.39 is 40.8 Å². The van der Waals surface area contributed by atoms with Gasteiger partial charge in [0.15, 0.2) is 6.29 Å². The molecule has 0 radical (unpaired) electrons. The fourth-order valence-electron chi connectivity index (χ4n) is 3.71. The van der Waals surface area contributed by atoms with Crippen LogP contribution < -0.4 is 9.47 Å². The standard InChI is InChI=1S/C24H32O10S/c1-28-19-9-5-17(6-10-19)13-31-15-24(16-33-35(4,26)27)22(21(25)23(30-3)34-24)32-14-18-7-11-20(29-2)12-8-18/h5-12,21-23,25H,13-16H2,1-4H3/t21-,22+,23?,24+/m1/s1. The summed E-state index contributed by atoms with van der Waals surface area (Å²) in [5.74, 6) is 1.41. The van der Waals surface area contributed by atoms with Crippen LogP contribution in [0.25, 0.3) is 0 Å². The first-order valence-electron chi connectivity index (χ1n) is 10.9. The molecule has 1 N–H and O–H groups in total. The van der Waals surface area contributed by atoms with E-state index in [0.717, 1.165) is 17.4 Å². The fourth-order valence-corrected chi connectivity index (χ4v) is 4.13. The van der Waals surface area contributed by atoms with Crippen molar-refractivity contribution in [3.8, 4) is 11.5 Å². The van der Waals surface area contributed by atoms with Gasteiger partial charge >= 0.3 is 0 Å². The van der Waals surface area contributed by atoms with Crippen LogP contribution >= 0.6 is 0 Å². The van der Waals surface area contributed by atoms with E-state index in [0.29, 0.717) is 11.5 Å². The molecule has 1 aliphatic rings. The molecule has 1 heterocycles. The van der Waals surface area contributed by atoms with Crippen molar-refractivity contribution in [2.24, 2.45) is 0 Å². The molecule has 35 heavy (non-hydrogen) atoms. The molecular weight excluding hydrogens is 480 g/mol. The van der Waals surface area contributed by atoms with Crippen molar-refractivity contribution in [1.82, 2.24) is 0 Å². The fraction of sp³-hybridized carbons (Fsp3) is 0.500. The van der Waals surface area contributed by atoms with Crippen molar-refractivity contribution < 1.29 is 46.1 Å². The zero-order chi connectivity index (χ0) is 25.5. The van der Waals surface area contributed by atoms with E-state index in [-0.39, 0.29) is 19.8 Å². The van der Waals surface area contributed by atoms with Crippen molar-refractivity contribution in [3.05, 3.63) is 59.7 Å². The number of rotatable bonds is 13. The Morgan fingerprint density at radius 1 is 0.886 bits per heavy atom. The van der Waals surface area contributed by atoms with Crippen molar-refractivity contribution >= 4 is 10.1 Å². The molecule has 4 atom stereocenters. The average molecular weight is 513 g/mol. The molecule has 2 aromatic carbocycles. The molecule has 1 saturated heterocycles. The lowest BCUT2D eigenvalue weighted by molar-refractivity contribution is -0.206. The van der Waals surface area contributed by atoms with Crippen LogP contribution in [0.4, 0.5) is 0 Å². The molecule has 0 saturated carbocycles. The van der Waals surface area contributed by atoms with Crippen LogP contribution in [0.5, 0.6) is 11.5 Å². The van der Waals surface area contributed by atoms with Gasteiger partial charge < -0.3 is 33.5 Å². The van der Waals surface area contributed by atoms with Gasteiger partial charge in [-0.1, -0.05) is 24.3 Å². The van der Waals surface area contributed by atoms with Crippen LogP contribution in [0, 0.1) is 0 Å². The number of methoxy groups -OCH3 is 3. The summed E-state index contributed by atoms with van der Waals surface area (Å²) < 4.78 is 62.2. The Balaban J connectivity index is 1.78. The maximum Gasteiger partial charge on any atom is 0.264 e. The van der Waals surface area contributed by atoms with Crippen molar-refractivity contribution in [2.45, 2.75) is 37.3 Å². The molecule has 1 aliphatic heterocycles. The third-order valence-corrected chi connectivity index (χ3v) is 6.12. The summed E-state index contributed by atoms with van der Waals surface area (Å²) in [6.07, 6.45) is -2.35. The Bertz CT molecular complexity index is 1030. The van der Waals surface area contributed by atoms with Crippen LogP contribution in [-0.4, -0.2) is 78.4 Å². The molecule has 194 valence electrons. The highest BCUT2D eigenvalue weighted by Crippen LogP contribution is 2.36. The van der Waals surface area contributed by atoms with Gasteiger partial charge in [0.2, 0.25) is 0 Å². The summed E-state index contributed by atoms with van der Waals surface area (Å²) in [6, 6.07) is 14.5. The Morgan fingerprint density at radius 3 is 1.91 bits per heavy atom. The van der Waals surface area contributed by atoms with E-state index in [1.165, 1.54) is 7.11 Å². The highest BCUT2D eigenvalue weighted by molar-refractivity contribution is 7.85. The molecule has 0 aliphatic carbocycles. The second kappa shape index (κ2) is 12.1. The van der Waals surface area contributed by atoms with E-state index in [1.54, 1.807) is 38.5 Å². The molecule has 3 rings (SSSR count). The number of hydrogen-bond acceptors (Lipinski definition) is 10. The molecule has 0 spiro atoms. The van der Waals surface area contributed by atoms with Gasteiger partial charge in [-0.15, -0.1) is 0 Å². The largest absolute Gasteiger partial charge is 0.497 e. The monoisotopic (exact) mass is 512 g/mol. The van der Waals surface area contributed by atoms with Gasteiger partial charge in [-0.2, -0.15) is 8.42 Å². The minimum atomic E-state index is -3.82. The zero-order valence-electron chi connectivity index (χ0n) is 20.2. The van der Waals surface area contributed by atoms with Crippen molar-refractivity contribution in [1.29, 1.82) is 0 Å². The van der Waals surface area contributed by atoms with Gasteiger partial charge in [0, 0.05) is 7.11 Å². The first-order chi connectivity index (χ1) is 16.7. The smallest absolute Gasteiger partial charge is 0.264 e. The second-order valence-electron chi connectivity index (χ2n) is 8.16. The third-order valence-electron chi connectivity index (χ3n) is 5.57. The molecule has 11 heteroatoms. The summed E-state index contributed by atoms with van der Waals surface area (Å²) in [4.78, 5) is 0. The highest BCUT2D eigenvalue weighted by atomic mass is 32.2. The zero-order valence-corrected chi connectivity index (χ0v) is 21.0. The van der Waals surface area contributed by atoms with Gasteiger partial charge in [0.1, 0.15) is 35.9 Å². The topological polar surface area (TPSA) is 119 Å². The first-order valence-corrected chi connectivity index (χ1v) is 12.7. The molecular formula is C24H32O10S. The van der Waals surface area contributed by atoms with Gasteiger partial charge in [-0.3, -0.25) is 4.18 Å². The van der Waals surface area contributed by atoms with Gasteiger partial charge in [-0.05, 0) is 35.4 Å². The van der Waals surface area contributed by atoms with Gasteiger partial charge in [-0.25, -0.2) is 0 Å². The SMILES string of the molecule is COc1ccc(COC[C@@]2(COS(C)(=O)=O)OC(OC)[C@H](O)[C@@H]2OCc2ccc(OC)cc2)cc1. The predicted molar refractivity (Wildman–Crippen MR) is 126 cm³/mol. The molecule has 0 aromatic heterocycles. The number of hydrogen-bond donors (Lipinski definition) is 1. The van der Waals surface area contributed by atoms with E-state index in [1.807, 2.05) is 24.3 Å².